The number of aliphatic hydroxyl groups is 1. The molecule has 3 fully saturated rings. The number of piperidine rings is 1. The smallest absolute Gasteiger partial charge is 0.410 e. The van der Waals surface area contributed by atoms with Crippen LogP contribution < -0.4 is 0 Å². The Morgan fingerprint density at radius 3 is 2.31 bits per heavy atom. The number of ether oxygens (including phenoxy) is 1. The van der Waals surface area contributed by atoms with Gasteiger partial charge in [-0.2, -0.15) is 0 Å². The first kappa shape index (κ1) is 19.4. The number of amides is 2. The molecule has 0 bridgehead atoms. The summed E-state index contributed by atoms with van der Waals surface area (Å²) in [4.78, 5) is 32.5. The summed E-state index contributed by atoms with van der Waals surface area (Å²) < 4.78 is 5.73. The van der Waals surface area contributed by atoms with Crippen LogP contribution >= 0.6 is 0 Å². The highest BCUT2D eigenvalue weighted by Crippen LogP contribution is 2.33. The lowest BCUT2D eigenvalue weighted by molar-refractivity contribution is -0.142. The quantitative estimate of drug-likeness (QED) is 0.725. The first-order valence-electron chi connectivity index (χ1n) is 9.82. The maximum atomic E-state index is 12.3. The molecule has 3 heterocycles. The molecule has 0 aromatic heterocycles. The highest BCUT2D eigenvalue weighted by atomic mass is 16.6. The number of nitrogens with zero attached hydrogens (tertiary/aromatic N) is 4. The van der Waals surface area contributed by atoms with E-state index in [0.29, 0.717) is 39.0 Å². The largest absolute Gasteiger partial charge is 0.441 e. The van der Waals surface area contributed by atoms with Gasteiger partial charge in [0.2, 0.25) is 0 Å². The molecule has 8 nitrogen and oxygen atoms in total. The van der Waals surface area contributed by atoms with Crippen molar-refractivity contribution in [3.05, 3.63) is 0 Å². The molecular formula is C18H32N4O4. The Bertz CT molecular complexity index is 511. The molecule has 8 heteroatoms. The van der Waals surface area contributed by atoms with Crippen molar-refractivity contribution in [2.45, 2.75) is 38.4 Å². The average Bonchev–Trinajstić information content (AvgIpc) is 2.95. The van der Waals surface area contributed by atoms with Gasteiger partial charge in [-0.05, 0) is 13.5 Å². The first-order valence-corrected chi connectivity index (χ1v) is 9.82. The maximum Gasteiger partial charge on any atom is 0.410 e. The number of carbonyl (C=O) groups excluding carboxylic acids is 2. The van der Waals surface area contributed by atoms with E-state index in [9.17, 15) is 14.7 Å². The summed E-state index contributed by atoms with van der Waals surface area (Å²) in [5, 5.41) is 9.45. The molecule has 0 radical (unpaired) electrons. The second-order valence-electron chi connectivity index (χ2n) is 7.75. The fourth-order valence-corrected chi connectivity index (χ4v) is 4.12. The van der Waals surface area contributed by atoms with Crippen molar-refractivity contribution in [3.8, 4) is 0 Å². The molecule has 0 unspecified atom stereocenters. The minimum absolute atomic E-state index is 0.229. The lowest BCUT2D eigenvalue weighted by Crippen LogP contribution is -2.51. The Hall–Kier alpha value is -1.38. The fourth-order valence-electron chi connectivity index (χ4n) is 4.12. The van der Waals surface area contributed by atoms with Crippen LogP contribution in [0.5, 0.6) is 0 Å². The van der Waals surface area contributed by atoms with Gasteiger partial charge in [-0.3, -0.25) is 9.69 Å². The van der Waals surface area contributed by atoms with Crippen LogP contribution in [0.3, 0.4) is 0 Å². The van der Waals surface area contributed by atoms with Crippen molar-refractivity contribution in [2.24, 2.45) is 0 Å². The zero-order valence-electron chi connectivity index (χ0n) is 16.0. The summed E-state index contributed by atoms with van der Waals surface area (Å²) in [6, 6.07) is 0. The van der Waals surface area contributed by atoms with Gasteiger partial charge in [0, 0.05) is 65.2 Å². The van der Waals surface area contributed by atoms with Gasteiger partial charge in [0.15, 0.2) is 0 Å². The van der Waals surface area contributed by atoms with E-state index in [1.54, 1.807) is 4.90 Å². The first-order chi connectivity index (χ1) is 12.4. The summed E-state index contributed by atoms with van der Waals surface area (Å²) >= 11 is 0. The van der Waals surface area contributed by atoms with E-state index in [2.05, 4.69) is 16.7 Å². The SMILES string of the molecule is CCN1CCN(CCN2CC3(CCN(C(=O)[C@H](C)O)CC3)OC2=O)CC1. The van der Waals surface area contributed by atoms with E-state index in [1.807, 2.05) is 4.90 Å². The van der Waals surface area contributed by atoms with Gasteiger partial charge in [0.1, 0.15) is 11.7 Å². The summed E-state index contributed by atoms with van der Waals surface area (Å²) in [5.41, 5.74) is -0.465. The van der Waals surface area contributed by atoms with Gasteiger partial charge in [-0.15, -0.1) is 0 Å². The van der Waals surface area contributed by atoms with Crippen molar-refractivity contribution >= 4 is 12.0 Å². The molecule has 3 rings (SSSR count). The average molecular weight is 368 g/mol. The van der Waals surface area contributed by atoms with Crippen molar-refractivity contribution in [3.63, 3.8) is 0 Å². The normalized spacial score (nSPS) is 25.6. The Kier molecular flexibility index (Phi) is 6.04. The molecular weight excluding hydrogens is 336 g/mol. The predicted molar refractivity (Wildman–Crippen MR) is 96.8 cm³/mol. The van der Waals surface area contributed by atoms with Crippen molar-refractivity contribution in [1.29, 1.82) is 0 Å². The number of hydrogen-bond acceptors (Lipinski definition) is 6. The summed E-state index contributed by atoms with van der Waals surface area (Å²) in [7, 11) is 0. The Morgan fingerprint density at radius 1 is 1.12 bits per heavy atom. The fraction of sp³-hybridized carbons (Fsp3) is 0.889. The second kappa shape index (κ2) is 8.10. The van der Waals surface area contributed by atoms with E-state index in [1.165, 1.54) is 6.92 Å². The zero-order valence-corrected chi connectivity index (χ0v) is 16.0. The third kappa shape index (κ3) is 4.29. The zero-order chi connectivity index (χ0) is 18.7. The van der Waals surface area contributed by atoms with Crippen LogP contribution in [-0.2, 0) is 9.53 Å². The number of rotatable bonds is 5. The molecule has 0 aromatic carbocycles. The number of piperazine rings is 1. The number of likely N-dealkylation sites (N-methyl/N-ethyl adjacent to an activating group) is 1. The van der Waals surface area contributed by atoms with Crippen LogP contribution in [0.1, 0.15) is 26.7 Å². The molecule has 0 aromatic rings. The molecule has 26 heavy (non-hydrogen) atoms. The number of carbonyl (C=O) groups is 2. The minimum Gasteiger partial charge on any atom is -0.441 e. The van der Waals surface area contributed by atoms with Crippen LogP contribution in [-0.4, -0.2) is 114 Å². The van der Waals surface area contributed by atoms with Crippen LogP contribution in [0.15, 0.2) is 0 Å². The van der Waals surface area contributed by atoms with E-state index < -0.39 is 11.7 Å². The molecule has 3 saturated heterocycles. The van der Waals surface area contributed by atoms with E-state index >= 15 is 0 Å². The van der Waals surface area contributed by atoms with Gasteiger partial charge in [-0.1, -0.05) is 6.92 Å². The molecule has 1 atom stereocenters. The Labute approximate surface area is 155 Å². The molecule has 3 aliphatic rings. The van der Waals surface area contributed by atoms with Gasteiger partial charge < -0.3 is 24.5 Å². The monoisotopic (exact) mass is 368 g/mol. The molecule has 2 amide bonds. The summed E-state index contributed by atoms with van der Waals surface area (Å²) in [6.45, 7) is 12.3. The van der Waals surface area contributed by atoms with E-state index in [0.717, 1.165) is 39.3 Å². The predicted octanol–water partition coefficient (Wildman–Crippen LogP) is -0.182. The molecule has 148 valence electrons. The Morgan fingerprint density at radius 2 is 1.73 bits per heavy atom. The highest BCUT2D eigenvalue weighted by molar-refractivity contribution is 5.80. The standard InChI is InChI=1S/C18H32N4O4/c1-3-19-8-10-20(11-9-19)12-13-22-14-18(26-17(22)25)4-6-21(7-5-18)16(24)15(2)23/h15,23H,3-14H2,1-2H3/t15-/m0/s1. The highest BCUT2D eigenvalue weighted by Gasteiger charge is 2.47. The number of likely N-dealkylation sites (tertiary alicyclic amines) is 1. The van der Waals surface area contributed by atoms with Crippen molar-refractivity contribution in [1.82, 2.24) is 19.6 Å². The van der Waals surface area contributed by atoms with Crippen LogP contribution in [0.25, 0.3) is 0 Å². The van der Waals surface area contributed by atoms with E-state index in [4.69, 9.17) is 4.74 Å². The van der Waals surface area contributed by atoms with Crippen LogP contribution in [0.4, 0.5) is 4.79 Å². The van der Waals surface area contributed by atoms with Gasteiger partial charge in [0.25, 0.3) is 5.91 Å². The van der Waals surface area contributed by atoms with E-state index in [-0.39, 0.29) is 12.0 Å². The van der Waals surface area contributed by atoms with Crippen molar-refractivity contribution < 1.29 is 19.4 Å². The third-order valence-electron chi connectivity index (χ3n) is 5.98. The molecule has 1 N–H and O–H groups in total. The Balaban J connectivity index is 1.45. The van der Waals surface area contributed by atoms with Gasteiger partial charge in [0.05, 0.1) is 6.54 Å². The third-order valence-corrected chi connectivity index (χ3v) is 5.98. The van der Waals surface area contributed by atoms with Gasteiger partial charge >= 0.3 is 6.09 Å². The lowest BCUT2D eigenvalue weighted by Gasteiger charge is -2.38. The second-order valence-corrected chi connectivity index (χ2v) is 7.75. The molecule has 0 saturated carbocycles. The number of aliphatic hydroxyl groups excluding tert-OH is 1. The van der Waals surface area contributed by atoms with Crippen molar-refractivity contribution in [2.75, 3.05) is 65.4 Å². The molecule has 1 spiro atoms. The molecule has 0 aliphatic carbocycles. The van der Waals surface area contributed by atoms with Gasteiger partial charge in [-0.25, -0.2) is 4.79 Å². The van der Waals surface area contributed by atoms with Crippen LogP contribution in [0, 0.1) is 0 Å². The summed E-state index contributed by atoms with van der Waals surface area (Å²) in [5.74, 6) is -0.243. The maximum absolute atomic E-state index is 12.3. The number of hydrogen-bond donors (Lipinski definition) is 1. The lowest BCUT2D eigenvalue weighted by atomic mass is 9.91. The minimum atomic E-state index is -0.972. The topological polar surface area (TPSA) is 76.6 Å². The van der Waals surface area contributed by atoms with Crippen LogP contribution in [0.2, 0.25) is 0 Å². The summed E-state index contributed by atoms with van der Waals surface area (Å²) in [6.07, 6.45) is 0.0820. The molecule has 3 aliphatic heterocycles.